The van der Waals surface area contributed by atoms with E-state index in [2.05, 4.69) is 31.9 Å². The van der Waals surface area contributed by atoms with Crippen LogP contribution in [0.1, 0.15) is 22.6 Å². The molecule has 4 rings (SSSR count). The van der Waals surface area contributed by atoms with E-state index in [4.69, 9.17) is 15.7 Å². The third-order valence-electron chi connectivity index (χ3n) is 4.89. The Morgan fingerprint density at radius 3 is 3.04 bits per heavy atom. The lowest BCUT2D eigenvalue weighted by Crippen LogP contribution is -2.25. The number of likely N-dealkylation sites (tertiary alicyclic amines) is 1. The molecule has 8 heteroatoms. The predicted molar refractivity (Wildman–Crippen MR) is 98.4 cm³/mol. The molecule has 1 saturated heterocycles. The number of imidazole rings is 1. The van der Waals surface area contributed by atoms with Gasteiger partial charge in [0.1, 0.15) is 18.2 Å². The summed E-state index contributed by atoms with van der Waals surface area (Å²) < 4.78 is 8.79. The average Bonchev–Trinajstić information content (AvgIpc) is 3.17. The molecular weight excluding hydrogens is 398 g/mol. The highest BCUT2D eigenvalue weighted by molar-refractivity contribution is 9.10. The highest BCUT2D eigenvalue weighted by atomic mass is 79.9. The van der Waals surface area contributed by atoms with Gasteiger partial charge in [-0.15, -0.1) is 0 Å². The number of fused-ring (bicyclic) bond motifs is 3. The van der Waals surface area contributed by atoms with Crippen LogP contribution in [0.4, 0.5) is 0 Å². The van der Waals surface area contributed by atoms with Gasteiger partial charge in [-0.25, -0.2) is 4.98 Å². The molecule has 7 nitrogen and oxygen atoms in total. The van der Waals surface area contributed by atoms with Crippen LogP contribution in [0.5, 0.6) is 5.75 Å². The summed E-state index contributed by atoms with van der Waals surface area (Å²) in [5.41, 5.74) is 7.55. The van der Waals surface area contributed by atoms with Gasteiger partial charge in [-0.1, -0.05) is 15.9 Å². The monoisotopic (exact) mass is 415 g/mol. The third-order valence-corrected chi connectivity index (χ3v) is 5.38. The molecule has 134 valence electrons. The maximum absolute atomic E-state index is 12.0. The second kappa shape index (κ2) is 6.74. The lowest BCUT2D eigenvalue weighted by Gasteiger charge is -2.17. The van der Waals surface area contributed by atoms with Crippen molar-refractivity contribution in [1.82, 2.24) is 14.5 Å². The molecule has 2 N–H and O–H groups in total. The number of halogens is 1. The van der Waals surface area contributed by atoms with Crippen LogP contribution < -0.4 is 10.5 Å². The Morgan fingerprint density at radius 1 is 1.46 bits per heavy atom. The minimum absolute atomic E-state index is 0.0403. The topological polar surface area (TPSA) is 97.2 Å². The third kappa shape index (κ3) is 2.97. The first kappa shape index (κ1) is 17.1. The largest absolute Gasteiger partial charge is 0.491 e. The van der Waals surface area contributed by atoms with Crippen molar-refractivity contribution in [2.75, 3.05) is 19.7 Å². The second-order valence-corrected chi connectivity index (χ2v) is 7.50. The fourth-order valence-corrected chi connectivity index (χ4v) is 3.99. The Balaban J connectivity index is 1.78. The molecule has 0 spiro atoms. The van der Waals surface area contributed by atoms with Gasteiger partial charge in [0.25, 0.3) is 5.91 Å². The summed E-state index contributed by atoms with van der Waals surface area (Å²) in [5, 5.41) is 9.13. The maximum Gasteiger partial charge on any atom is 0.269 e. The van der Waals surface area contributed by atoms with Gasteiger partial charge in [0, 0.05) is 17.6 Å². The number of ether oxygens (including phenoxy) is 1. The number of carbonyl (C=O) groups excluding carboxylic acids is 1. The molecule has 1 aromatic carbocycles. The van der Waals surface area contributed by atoms with Crippen molar-refractivity contribution in [1.29, 1.82) is 5.26 Å². The van der Waals surface area contributed by atoms with Gasteiger partial charge in [0.15, 0.2) is 5.69 Å². The molecule has 1 aromatic heterocycles. The number of amides is 1. The number of carbonyl (C=O) groups is 1. The van der Waals surface area contributed by atoms with Gasteiger partial charge in [-0.2, -0.15) is 5.26 Å². The molecule has 0 saturated carbocycles. The van der Waals surface area contributed by atoms with Crippen molar-refractivity contribution in [2.24, 2.45) is 11.7 Å². The van der Waals surface area contributed by atoms with E-state index in [-0.39, 0.29) is 5.92 Å². The van der Waals surface area contributed by atoms with Crippen LogP contribution in [0.15, 0.2) is 22.7 Å². The molecule has 26 heavy (non-hydrogen) atoms. The Bertz CT molecular complexity index is 917. The van der Waals surface area contributed by atoms with Crippen LogP contribution in [0.25, 0.3) is 11.4 Å². The van der Waals surface area contributed by atoms with E-state index < -0.39 is 5.91 Å². The number of hydrogen-bond acceptors (Lipinski definition) is 5. The number of rotatable bonds is 3. The van der Waals surface area contributed by atoms with Gasteiger partial charge < -0.3 is 15.0 Å². The van der Waals surface area contributed by atoms with E-state index in [1.807, 2.05) is 22.8 Å². The number of nitriles is 1. The molecule has 2 aliphatic rings. The van der Waals surface area contributed by atoms with Crippen LogP contribution >= 0.6 is 15.9 Å². The zero-order valence-corrected chi connectivity index (χ0v) is 15.7. The Kier molecular flexibility index (Phi) is 4.42. The molecule has 2 aromatic rings. The van der Waals surface area contributed by atoms with E-state index in [1.165, 1.54) is 0 Å². The molecule has 1 atom stereocenters. The summed E-state index contributed by atoms with van der Waals surface area (Å²) in [6.45, 7) is 3.16. The molecule has 1 amide bonds. The van der Waals surface area contributed by atoms with Crippen LogP contribution in [-0.4, -0.2) is 40.1 Å². The fourth-order valence-electron chi connectivity index (χ4n) is 3.63. The number of aromatic nitrogens is 2. The minimum atomic E-state index is -0.533. The van der Waals surface area contributed by atoms with Crippen LogP contribution in [-0.2, 0) is 13.1 Å². The van der Waals surface area contributed by atoms with Crippen LogP contribution in [0.3, 0.4) is 0 Å². The first-order chi connectivity index (χ1) is 12.6. The van der Waals surface area contributed by atoms with E-state index in [0.717, 1.165) is 34.4 Å². The first-order valence-corrected chi connectivity index (χ1v) is 9.30. The standard InChI is InChI=1S/C18H18BrN5O2/c19-12-1-2-15-13(7-12)18-22-16(17(21)25)14(24(18)5-6-26-15)10-23-4-3-11(8-20)9-23/h1-2,7,11H,3-6,9-10H2,(H2,21,25). The zero-order valence-electron chi connectivity index (χ0n) is 14.1. The first-order valence-electron chi connectivity index (χ1n) is 8.50. The molecule has 0 radical (unpaired) electrons. The van der Waals surface area contributed by atoms with E-state index >= 15 is 0 Å². The molecule has 0 bridgehead atoms. The zero-order chi connectivity index (χ0) is 18.3. The molecule has 0 aliphatic carbocycles. The molecule has 1 unspecified atom stereocenters. The lowest BCUT2D eigenvalue weighted by molar-refractivity contribution is 0.0993. The van der Waals surface area contributed by atoms with Gasteiger partial charge in [0.05, 0.1) is 29.8 Å². The Labute approximate surface area is 159 Å². The highest BCUT2D eigenvalue weighted by Crippen LogP contribution is 2.36. The van der Waals surface area contributed by atoms with E-state index in [1.54, 1.807) is 0 Å². The second-order valence-electron chi connectivity index (χ2n) is 6.59. The number of benzene rings is 1. The van der Waals surface area contributed by atoms with Crippen molar-refractivity contribution in [3.8, 4) is 23.2 Å². The van der Waals surface area contributed by atoms with Crippen molar-refractivity contribution in [3.05, 3.63) is 34.1 Å². The van der Waals surface area contributed by atoms with E-state index in [0.29, 0.717) is 37.8 Å². The normalized spacial score (nSPS) is 19.2. The summed E-state index contributed by atoms with van der Waals surface area (Å²) >= 11 is 3.48. The summed E-state index contributed by atoms with van der Waals surface area (Å²) in [5.74, 6) is 0.941. The highest BCUT2D eigenvalue weighted by Gasteiger charge is 2.29. The number of nitrogens with zero attached hydrogens (tertiary/aromatic N) is 4. The van der Waals surface area contributed by atoms with Gasteiger partial charge in [-0.3, -0.25) is 9.69 Å². The quantitative estimate of drug-likeness (QED) is 0.827. The summed E-state index contributed by atoms with van der Waals surface area (Å²) in [6.07, 6.45) is 0.849. The number of nitrogens with two attached hydrogens (primary N) is 1. The molecular formula is C18H18BrN5O2. The van der Waals surface area contributed by atoms with Crippen molar-refractivity contribution < 1.29 is 9.53 Å². The van der Waals surface area contributed by atoms with Crippen LogP contribution in [0, 0.1) is 17.2 Å². The minimum Gasteiger partial charge on any atom is -0.491 e. The lowest BCUT2D eigenvalue weighted by atomic mass is 10.1. The molecule has 1 fully saturated rings. The molecule has 3 heterocycles. The van der Waals surface area contributed by atoms with E-state index in [9.17, 15) is 4.79 Å². The fraction of sp³-hybridized carbons (Fsp3) is 0.389. The Morgan fingerprint density at radius 2 is 2.31 bits per heavy atom. The SMILES string of the molecule is N#CC1CCN(Cc2c(C(N)=O)nc3n2CCOc2ccc(Br)cc2-3)C1. The maximum atomic E-state index is 12.0. The van der Waals surface area contributed by atoms with Crippen molar-refractivity contribution in [3.63, 3.8) is 0 Å². The van der Waals surface area contributed by atoms with Crippen molar-refractivity contribution >= 4 is 21.8 Å². The van der Waals surface area contributed by atoms with Gasteiger partial charge in [-0.05, 0) is 31.2 Å². The van der Waals surface area contributed by atoms with Gasteiger partial charge in [0.2, 0.25) is 0 Å². The smallest absolute Gasteiger partial charge is 0.269 e. The number of primary amides is 1. The summed E-state index contributed by atoms with van der Waals surface area (Å²) in [4.78, 5) is 18.8. The summed E-state index contributed by atoms with van der Waals surface area (Å²) in [7, 11) is 0. The predicted octanol–water partition coefficient (Wildman–Crippen LogP) is 2.15. The number of hydrogen-bond donors (Lipinski definition) is 1. The average molecular weight is 416 g/mol. The van der Waals surface area contributed by atoms with Crippen molar-refractivity contribution in [2.45, 2.75) is 19.5 Å². The van der Waals surface area contributed by atoms with Crippen LogP contribution in [0.2, 0.25) is 0 Å². The Hall–Kier alpha value is -2.37. The molecule has 2 aliphatic heterocycles. The van der Waals surface area contributed by atoms with Gasteiger partial charge >= 0.3 is 0 Å². The summed E-state index contributed by atoms with van der Waals surface area (Å²) in [6, 6.07) is 8.07.